The maximum absolute atomic E-state index is 4.57. The van der Waals surface area contributed by atoms with Crippen LogP contribution >= 0.6 is 7.05 Å². The summed E-state index contributed by atoms with van der Waals surface area (Å²) < 4.78 is 4.57. The van der Waals surface area contributed by atoms with Gasteiger partial charge in [0, 0.05) is 6.54 Å². The van der Waals surface area contributed by atoms with Crippen molar-refractivity contribution in [3.05, 3.63) is 0 Å². The van der Waals surface area contributed by atoms with E-state index in [0.29, 0.717) is 0 Å². The van der Waals surface area contributed by atoms with Crippen LogP contribution in [0.3, 0.4) is 0 Å². The first kappa shape index (κ1) is 17.4. The summed E-state index contributed by atoms with van der Waals surface area (Å²) >= 11 is 0. The summed E-state index contributed by atoms with van der Waals surface area (Å²) in [6, 6.07) is 0. The van der Waals surface area contributed by atoms with Crippen molar-refractivity contribution in [3.63, 3.8) is 0 Å². The van der Waals surface area contributed by atoms with Gasteiger partial charge in [0.1, 0.15) is 0 Å². The van der Waals surface area contributed by atoms with E-state index in [1.165, 1.54) is 19.0 Å². The first-order valence-electron chi connectivity index (χ1n) is 3.23. The molecular weight excluding hydrogens is 153 g/mol. The van der Waals surface area contributed by atoms with E-state index in [4.69, 9.17) is 0 Å². The number of hydrogen-bond acceptors (Lipinski definition) is 1. The lowest BCUT2D eigenvalue weighted by atomic mass is 10.3. The van der Waals surface area contributed by atoms with Crippen molar-refractivity contribution < 1.29 is 0 Å². The Kier molecular flexibility index (Phi) is 10.9. The minimum absolute atomic E-state index is 0. The number of nitrogens with zero attached hydrogens (tertiary/aromatic N) is 1. The molecule has 0 aliphatic carbocycles. The minimum atomic E-state index is -0.712. The molecule has 0 radical (unpaired) electrons. The Morgan fingerprint density at radius 2 is 1.55 bits per heavy atom. The molecule has 11 heavy (non-hydrogen) atoms. The zero-order chi connectivity index (χ0) is 6.04. The fourth-order valence-electron chi connectivity index (χ4n) is 1.02. The van der Waals surface area contributed by atoms with Crippen LogP contribution in [0.1, 0.15) is 35.1 Å². The Hall–Kier alpha value is 0.230. The van der Waals surface area contributed by atoms with E-state index in [0.717, 1.165) is 6.54 Å². The summed E-state index contributed by atoms with van der Waals surface area (Å²) in [5.74, 6) is 0. The van der Waals surface area contributed by atoms with Crippen molar-refractivity contribution in [2.24, 2.45) is 4.74 Å². The largest absolute Gasteiger partial charge is 0.304 e. The molecule has 0 aromatic rings. The minimum Gasteiger partial charge on any atom is -0.304 e. The van der Waals surface area contributed by atoms with Gasteiger partial charge in [0.25, 0.3) is 0 Å². The third-order valence-corrected chi connectivity index (χ3v) is 3.97. The maximum Gasteiger partial charge on any atom is 0.0374 e. The van der Waals surface area contributed by atoms with Gasteiger partial charge in [-0.1, -0.05) is 22.3 Å². The number of hydrogen-bond donors (Lipinski definition) is 0. The second kappa shape index (κ2) is 6.91. The van der Waals surface area contributed by atoms with Gasteiger partial charge in [-0.2, -0.15) is 0 Å². The van der Waals surface area contributed by atoms with E-state index in [1.807, 2.05) is 0 Å². The third kappa shape index (κ3) is 6.62. The molecule has 0 saturated heterocycles. The van der Waals surface area contributed by atoms with Crippen molar-refractivity contribution in [3.8, 4) is 0 Å². The maximum atomic E-state index is 4.57. The van der Waals surface area contributed by atoms with Crippen molar-refractivity contribution in [1.29, 1.82) is 0 Å². The van der Waals surface area contributed by atoms with E-state index >= 15 is 0 Å². The zero-order valence-electron chi connectivity index (χ0n) is 5.72. The molecule has 0 N–H and O–H groups in total. The first-order valence-corrected chi connectivity index (χ1v) is 6.05. The van der Waals surface area contributed by atoms with Gasteiger partial charge in [-0.15, -0.1) is 0 Å². The average molecular weight is 179 g/mol. The summed E-state index contributed by atoms with van der Waals surface area (Å²) in [6.45, 7) is 5.79. The second-order valence-corrected chi connectivity index (χ2v) is 6.89. The summed E-state index contributed by atoms with van der Waals surface area (Å²) in [4.78, 5) is 0. The third-order valence-electron chi connectivity index (χ3n) is 1.60. The molecule has 1 heterocycles. The quantitative estimate of drug-likeness (QED) is 0.495. The fraction of sp³-hybridized carbons (Fsp3) is 1.00. The van der Waals surface area contributed by atoms with Crippen LogP contribution in [-0.4, -0.2) is 26.0 Å². The average Bonchev–Trinajstić information content (AvgIpc) is 1.65. The van der Waals surface area contributed by atoms with Crippen LogP contribution in [0.5, 0.6) is 0 Å². The van der Waals surface area contributed by atoms with Gasteiger partial charge < -0.3 is 4.74 Å². The predicted octanol–water partition coefficient (Wildman–Crippen LogP) is 4.15. The Bertz CT molecular complexity index is 124. The molecule has 0 saturated carbocycles. The van der Waals surface area contributed by atoms with Gasteiger partial charge in [-0.05, 0) is 39.4 Å². The summed E-state index contributed by atoms with van der Waals surface area (Å²) in [5.41, 5.74) is 0. The van der Waals surface area contributed by atoms with Crippen LogP contribution in [0.4, 0.5) is 0 Å². The zero-order valence-corrected chi connectivity index (χ0v) is 6.62. The molecule has 0 aromatic heterocycles. The Balaban J connectivity index is -0.000000213. The topological polar surface area (TPSA) is 12.4 Å². The summed E-state index contributed by atoms with van der Waals surface area (Å²) in [6.07, 6.45) is 4.15. The summed E-state index contributed by atoms with van der Waals surface area (Å²) in [7, 11) is -0.712. The first-order chi connectivity index (χ1) is 3.71. The van der Waals surface area contributed by atoms with Crippen molar-refractivity contribution in [1.82, 2.24) is 0 Å². The molecule has 1 nitrogen and oxygen atoms in total. The highest BCUT2D eigenvalue weighted by Gasteiger charge is 2.07. The molecule has 0 amide bonds. The van der Waals surface area contributed by atoms with Crippen LogP contribution in [0.2, 0.25) is 0 Å². The Morgan fingerprint density at radius 1 is 1.00 bits per heavy atom. The molecule has 0 aromatic carbocycles. The molecule has 1 aliphatic rings. The molecule has 72 valence electrons. The Morgan fingerprint density at radius 3 is 1.73 bits per heavy atom. The molecule has 0 bridgehead atoms. The van der Waals surface area contributed by atoms with Gasteiger partial charge in [0.05, 0.1) is 0 Å². The fourth-order valence-corrected chi connectivity index (χ4v) is 2.84. The van der Waals surface area contributed by atoms with Gasteiger partial charge >= 0.3 is 0 Å². The van der Waals surface area contributed by atoms with Crippen molar-refractivity contribution in [2.45, 2.75) is 35.1 Å². The van der Waals surface area contributed by atoms with E-state index in [1.54, 1.807) is 0 Å². The van der Waals surface area contributed by atoms with Gasteiger partial charge in [-0.3, -0.25) is 0 Å². The lowest BCUT2D eigenvalue weighted by Gasteiger charge is -2.17. The van der Waals surface area contributed by atoms with Crippen LogP contribution in [0.25, 0.3) is 0 Å². The SMILES string of the molecule is C.C.C.CP1(C)=NCCCC1. The molecule has 1 aliphatic heterocycles. The van der Waals surface area contributed by atoms with Crippen LogP contribution < -0.4 is 0 Å². The standard InChI is InChI=1S/C6H14NP.3CH4/c1-8(2)6-4-3-5-7-8;;;/h3-6H2,1-2H3;3*1H4. The molecule has 1 rings (SSSR count). The molecule has 2 heteroatoms. The lowest BCUT2D eigenvalue weighted by Crippen LogP contribution is -1.96. The summed E-state index contributed by atoms with van der Waals surface area (Å²) in [5, 5.41) is 0. The van der Waals surface area contributed by atoms with Crippen molar-refractivity contribution >= 4 is 7.05 Å². The molecule has 0 unspecified atom stereocenters. The van der Waals surface area contributed by atoms with Gasteiger partial charge in [-0.25, -0.2) is 0 Å². The van der Waals surface area contributed by atoms with E-state index in [-0.39, 0.29) is 22.3 Å². The normalized spacial score (nSPS) is 19.5. The highest BCUT2D eigenvalue weighted by molar-refractivity contribution is 7.64. The smallest absolute Gasteiger partial charge is 0.0374 e. The Labute approximate surface area is 73.7 Å². The lowest BCUT2D eigenvalue weighted by molar-refractivity contribution is 0.792. The van der Waals surface area contributed by atoms with Crippen molar-refractivity contribution in [2.75, 3.05) is 26.0 Å². The molecule has 0 atom stereocenters. The van der Waals surface area contributed by atoms with Gasteiger partial charge in [0.2, 0.25) is 0 Å². The van der Waals surface area contributed by atoms with Crippen LogP contribution in [0, 0.1) is 0 Å². The van der Waals surface area contributed by atoms with Crippen LogP contribution in [0.15, 0.2) is 4.74 Å². The van der Waals surface area contributed by atoms with Gasteiger partial charge in [0.15, 0.2) is 0 Å². The highest BCUT2D eigenvalue weighted by Crippen LogP contribution is 2.44. The molecule has 0 fully saturated rings. The molecular formula is C9H26NP. The van der Waals surface area contributed by atoms with E-state index in [9.17, 15) is 0 Å². The van der Waals surface area contributed by atoms with E-state index in [2.05, 4.69) is 18.1 Å². The number of rotatable bonds is 0. The van der Waals surface area contributed by atoms with E-state index < -0.39 is 7.05 Å². The highest BCUT2D eigenvalue weighted by atomic mass is 31.2. The molecule has 0 spiro atoms. The van der Waals surface area contributed by atoms with Crippen LogP contribution in [-0.2, 0) is 0 Å². The second-order valence-electron chi connectivity index (χ2n) is 2.92. The monoisotopic (exact) mass is 179 g/mol. The predicted molar refractivity (Wildman–Crippen MR) is 60.4 cm³/mol.